The first-order chi connectivity index (χ1) is 8.20. The summed E-state index contributed by atoms with van der Waals surface area (Å²) >= 11 is 0. The van der Waals surface area contributed by atoms with Crippen LogP contribution in [0.4, 0.5) is 5.69 Å². The molecule has 94 valence electrons. The van der Waals surface area contributed by atoms with Crippen molar-refractivity contribution in [2.75, 3.05) is 18.0 Å². The van der Waals surface area contributed by atoms with E-state index in [1.54, 1.807) is 0 Å². The standard InChI is InChI=1S/C13H20N2O2/c1-10(2)16-13-6-4-3-5-12(13)15-8-7-11(9-15)17-14/h3-6,10-11H,7-9,14H2,1-2H3. The van der Waals surface area contributed by atoms with Crippen LogP contribution in [0.15, 0.2) is 24.3 Å². The van der Waals surface area contributed by atoms with Gasteiger partial charge in [-0.3, -0.25) is 4.84 Å². The molecule has 1 unspecified atom stereocenters. The lowest BCUT2D eigenvalue weighted by molar-refractivity contribution is 0.0690. The van der Waals surface area contributed by atoms with Crippen LogP contribution in [0.2, 0.25) is 0 Å². The Balaban J connectivity index is 2.14. The minimum absolute atomic E-state index is 0.127. The molecule has 0 aliphatic carbocycles. The fraction of sp³-hybridized carbons (Fsp3) is 0.538. The number of ether oxygens (including phenoxy) is 1. The van der Waals surface area contributed by atoms with Crippen LogP contribution in [0.5, 0.6) is 5.75 Å². The highest BCUT2D eigenvalue weighted by Gasteiger charge is 2.24. The van der Waals surface area contributed by atoms with Crippen LogP contribution in [-0.4, -0.2) is 25.3 Å². The van der Waals surface area contributed by atoms with Gasteiger partial charge in [0, 0.05) is 13.1 Å². The van der Waals surface area contributed by atoms with Gasteiger partial charge in [0.2, 0.25) is 0 Å². The number of hydrogen-bond acceptors (Lipinski definition) is 4. The minimum atomic E-state index is 0.127. The Hall–Kier alpha value is -1.26. The molecule has 2 N–H and O–H groups in total. The van der Waals surface area contributed by atoms with E-state index in [0.717, 1.165) is 30.9 Å². The second kappa shape index (κ2) is 5.38. The van der Waals surface area contributed by atoms with Crippen molar-refractivity contribution < 1.29 is 9.57 Å². The number of anilines is 1. The summed E-state index contributed by atoms with van der Waals surface area (Å²) in [5, 5.41) is 0. The summed E-state index contributed by atoms with van der Waals surface area (Å²) in [6, 6.07) is 8.11. The van der Waals surface area contributed by atoms with E-state index < -0.39 is 0 Å². The summed E-state index contributed by atoms with van der Waals surface area (Å²) in [6.45, 7) is 5.86. The van der Waals surface area contributed by atoms with Crippen molar-refractivity contribution in [3.05, 3.63) is 24.3 Å². The highest BCUT2D eigenvalue weighted by Crippen LogP contribution is 2.31. The molecule has 1 aromatic carbocycles. The van der Waals surface area contributed by atoms with E-state index in [2.05, 4.69) is 11.0 Å². The first kappa shape index (κ1) is 12.2. The van der Waals surface area contributed by atoms with Crippen LogP contribution in [0.1, 0.15) is 20.3 Å². The van der Waals surface area contributed by atoms with Crippen molar-refractivity contribution in [2.24, 2.45) is 5.90 Å². The fourth-order valence-corrected chi connectivity index (χ4v) is 2.13. The number of rotatable bonds is 4. The Labute approximate surface area is 102 Å². The molecule has 4 heteroatoms. The lowest BCUT2D eigenvalue weighted by Gasteiger charge is -2.22. The third-order valence-corrected chi connectivity index (χ3v) is 2.91. The number of nitrogens with zero attached hydrogens (tertiary/aromatic N) is 1. The first-order valence-corrected chi connectivity index (χ1v) is 6.07. The highest BCUT2D eigenvalue weighted by atomic mass is 16.6. The molecule has 1 aliphatic heterocycles. The van der Waals surface area contributed by atoms with Crippen molar-refractivity contribution in [3.8, 4) is 5.75 Å². The lowest BCUT2D eigenvalue weighted by atomic mass is 10.2. The molecule has 1 atom stereocenters. The van der Waals surface area contributed by atoms with Crippen molar-refractivity contribution in [3.63, 3.8) is 0 Å². The number of hydrogen-bond donors (Lipinski definition) is 1. The Bertz CT molecular complexity index is 368. The van der Waals surface area contributed by atoms with Crippen molar-refractivity contribution in [2.45, 2.75) is 32.5 Å². The van der Waals surface area contributed by atoms with Crippen molar-refractivity contribution >= 4 is 5.69 Å². The Kier molecular flexibility index (Phi) is 3.86. The Morgan fingerprint density at radius 2 is 2.12 bits per heavy atom. The average Bonchev–Trinajstić information content (AvgIpc) is 2.77. The molecule has 17 heavy (non-hydrogen) atoms. The molecule has 1 aliphatic rings. The van der Waals surface area contributed by atoms with Crippen LogP contribution >= 0.6 is 0 Å². The van der Waals surface area contributed by atoms with E-state index >= 15 is 0 Å². The van der Waals surface area contributed by atoms with Gasteiger partial charge in [-0.05, 0) is 32.4 Å². The molecule has 1 aromatic rings. The normalized spacial score (nSPS) is 20.0. The fourth-order valence-electron chi connectivity index (χ4n) is 2.13. The Morgan fingerprint density at radius 1 is 1.35 bits per heavy atom. The van der Waals surface area contributed by atoms with Gasteiger partial charge in [0.25, 0.3) is 0 Å². The number of para-hydroxylation sites is 2. The largest absolute Gasteiger partial charge is 0.489 e. The van der Waals surface area contributed by atoms with Crippen molar-refractivity contribution in [1.82, 2.24) is 0 Å². The summed E-state index contributed by atoms with van der Waals surface area (Å²) in [4.78, 5) is 7.16. The molecular weight excluding hydrogens is 216 g/mol. The molecule has 2 rings (SSSR count). The second-order valence-corrected chi connectivity index (χ2v) is 4.63. The average molecular weight is 236 g/mol. The molecule has 0 bridgehead atoms. The molecule has 4 nitrogen and oxygen atoms in total. The predicted octanol–water partition coefficient (Wildman–Crippen LogP) is 1.94. The summed E-state index contributed by atoms with van der Waals surface area (Å²) in [6.07, 6.45) is 1.27. The predicted molar refractivity (Wildman–Crippen MR) is 68.1 cm³/mol. The van der Waals surface area contributed by atoms with Gasteiger partial charge >= 0.3 is 0 Å². The van der Waals surface area contributed by atoms with E-state index in [4.69, 9.17) is 15.5 Å². The van der Waals surface area contributed by atoms with Gasteiger partial charge in [-0.15, -0.1) is 0 Å². The third kappa shape index (κ3) is 2.90. The molecule has 0 aromatic heterocycles. The lowest BCUT2D eigenvalue weighted by Crippen LogP contribution is -2.25. The van der Waals surface area contributed by atoms with Crippen LogP contribution in [0.3, 0.4) is 0 Å². The van der Waals surface area contributed by atoms with Gasteiger partial charge in [0.05, 0.1) is 17.9 Å². The molecule has 0 amide bonds. The highest BCUT2D eigenvalue weighted by molar-refractivity contribution is 5.59. The smallest absolute Gasteiger partial charge is 0.142 e. The molecule has 1 heterocycles. The number of nitrogens with two attached hydrogens (primary N) is 1. The van der Waals surface area contributed by atoms with Crippen molar-refractivity contribution in [1.29, 1.82) is 0 Å². The van der Waals surface area contributed by atoms with E-state index in [1.165, 1.54) is 0 Å². The van der Waals surface area contributed by atoms with E-state index in [1.807, 2.05) is 32.0 Å². The summed E-state index contributed by atoms with van der Waals surface area (Å²) < 4.78 is 5.81. The molecule has 0 spiro atoms. The zero-order valence-corrected chi connectivity index (χ0v) is 10.4. The quantitative estimate of drug-likeness (QED) is 0.812. The van der Waals surface area contributed by atoms with Crippen LogP contribution < -0.4 is 15.5 Å². The van der Waals surface area contributed by atoms with Crippen LogP contribution in [-0.2, 0) is 4.84 Å². The molecule has 1 saturated heterocycles. The molecular formula is C13H20N2O2. The topological polar surface area (TPSA) is 47.7 Å². The molecule has 0 saturated carbocycles. The summed E-state index contributed by atoms with van der Waals surface area (Å²) in [5.41, 5.74) is 1.13. The first-order valence-electron chi connectivity index (χ1n) is 6.07. The zero-order chi connectivity index (χ0) is 12.3. The van der Waals surface area contributed by atoms with Gasteiger partial charge in [-0.2, -0.15) is 0 Å². The third-order valence-electron chi connectivity index (χ3n) is 2.91. The number of benzene rings is 1. The monoisotopic (exact) mass is 236 g/mol. The molecule has 1 fully saturated rings. The summed E-state index contributed by atoms with van der Waals surface area (Å²) in [5.74, 6) is 6.17. The van der Waals surface area contributed by atoms with Gasteiger partial charge < -0.3 is 9.64 Å². The van der Waals surface area contributed by atoms with Crippen LogP contribution in [0, 0.1) is 0 Å². The molecule has 0 radical (unpaired) electrons. The minimum Gasteiger partial charge on any atom is -0.489 e. The van der Waals surface area contributed by atoms with Gasteiger partial charge in [-0.25, -0.2) is 5.90 Å². The van der Waals surface area contributed by atoms with Gasteiger partial charge in [0.1, 0.15) is 5.75 Å². The van der Waals surface area contributed by atoms with E-state index in [0.29, 0.717) is 0 Å². The van der Waals surface area contributed by atoms with Gasteiger partial charge in [-0.1, -0.05) is 12.1 Å². The van der Waals surface area contributed by atoms with Crippen LogP contribution in [0.25, 0.3) is 0 Å². The summed E-state index contributed by atoms with van der Waals surface area (Å²) in [7, 11) is 0. The maximum atomic E-state index is 5.81. The zero-order valence-electron chi connectivity index (χ0n) is 10.4. The SMILES string of the molecule is CC(C)Oc1ccccc1N1CCC(ON)C1. The van der Waals surface area contributed by atoms with Gasteiger partial charge in [0.15, 0.2) is 0 Å². The second-order valence-electron chi connectivity index (χ2n) is 4.63. The maximum Gasteiger partial charge on any atom is 0.142 e. The van der Waals surface area contributed by atoms with E-state index in [-0.39, 0.29) is 12.2 Å². The van der Waals surface area contributed by atoms with E-state index in [9.17, 15) is 0 Å². The Morgan fingerprint density at radius 3 is 2.76 bits per heavy atom. The maximum absolute atomic E-state index is 5.81.